The quantitative estimate of drug-likeness (QED) is 0.656. The lowest BCUT2D eigenvalue weighted by atomic mass is 10.1. The molecule has 0 saturated heterocycles. The van der Waals surface area contributed by atoms with Crippen LogP contribution in [0.5, 0.6) is 5.75 Å². The molecule has 0 saturated carbocycles. The minimum Gasteiger partial charge on any atom is -0.508 e. The molecule has 2 aromatic rings. The van der Waals surface area contributed by atoms with Crippen molar-refractivity contribution in [1.29, 1.82) is 0 Å². The van der Waals surface area contributed by atoms with Crippen LogP contribution in [0.4, 0.5) is 5.69 Å². The SMILES string of the molecule is CC(=O)Nc1ccc(C(=O)CSc2cccc(O)c2)cc1. The Kier molecular flexibility index (Phi) is 5.00. The van der Waals surface area contributed by atoms with E-state index in [2.05, 4.69) is 5.32 Å². The number of aromatic hydroxyl groups is 1. The van der Waals surface area contributed by atoms with Gasteiger partial charge in [-0.15, -0.1) is 11.8 Å². The predicted octanol–water partition coefficient (Wildman–Crippen LogP) is 3.33. The second kappa shape index (κ2) is 6.95. The van der Waals surface area contributed by atoms with Crippen molar-refractivity contribution in [2.75, 3.05) is 11.1 Å². The minimum absolute atomic E-state index is 0.00211. The van der Waals surface area contributed by atoms with Gasteiger partial charge in [-0.1, -0.05) is 6.07 Å². The molecule has 0 bridgehead atoms. The molecule has 0 fully saturated rings. The first kappa shape index (κ1) is 15.1. The third kappa shape index (κ3) is 4.65. The number of phenols is 1. The van der Waals surface area contributed by atoms with Crippen LogP contribution in [0, 0.1) is 0 Å². The fourth-order valence-electron chi connectivity index (χ4n) is 1.75. The topological polar surface area (TPSA) is 66.4 Å². The Labute approximate surface area is 127 Å². The van der Waals surface area contributed by atoms with Gasteiger partial charge >= 0.3 is 0 Å². The summed E-state index contributed by atoms with van der Waals surface area (Å²) in [7, 11) is 0. The van der Waals surface area contributed by atoms with Crippen molar-refractivity contribution in [2.45, 2.75) is 11.8 Å². The van der Waals surface area contributed by atoms with Gasteiger partial charge < -0.3 is 10.4 Å². The largest absolute Gasteiger partial charge is 0.508 e. The fourth-order valence-corrected chi connectivity index (χ4v) is 2.59. The number of Topliss-reactive ketones (excluding diaryl/α,β-unsaturated/α-hetero) is 1. The van der Waals surface area contributed by atoms with E-state index in [0.717, 1.165) is 4.90 Å². The number of anilines is 1. The van der Waals surface area contributed by atoms with Gasteiger partial charge in [0, 0.05) is 23.1 Å². The van der Waals surface area contributed by atoms with Crippen LogP contribution in [0.1, 0.15) is 17.3 Å². The van der Waals surface area contributed by atoms with Gasteiger partial charge in [0.15, 0.2) is 5.78 Å². The summed E-state index contributed by atoms with van der Waals surface area (Å²) in [4.78, 5) is 23.8. The summed E-state index contributed by atoms with van der Waals surface area (Å²) in [6.45, 7) is 1.44. The molecule has 2 N–H and O–H groups in total. The van der Waals surface area contributed by atoms with Crippen LogP contribution in [0.15, 0.2) is 53.4 Å². The molecule has 5 heteroatoms. The molecule has 4 nitrogen and oxygen atoms in total. The molecule has 108 valence electrons. The number of ketones is 1. The normalized spacial score (nSPS) is 10.1. The Hall–Kier alpha value is -2.27. The molecule has 2 rings (SSSR count). The summed E-state index contributed by atoms with van der Waals surface area (Å²) in [5, 5.41) is 12.0. The monoisotopic (exact) mass is 301 g/mol. The number of carbonyl (C=O) groups excluding carboxylic acids is 2. The molecule has 0 atom stereocenters. The van der Waals surface area contributed by atoms with E-state index in [9.17, 15) is 14.7 Å². The second-order valence-corrected chi connectivity index (χ2v) is 5.52. The lowest BCUT2D eigenvalue weighted by molar-refractivity contribution is -0.114. The predicted molar refractivity (Wildman–Crippen MR) is 83.9 cm³/mol. The minimum atomic E-state index is -0.145. The maximum absolute atomic E-state index is 12.1. The summed E-state index contributed by atoms with van der Waals surface area (Å²) >= 11 is 1.37. The van der Waals surface area contributed by atoms with Gasteiger partial charge in [-0.3, -0.25) is 9.59 Å². The van der Waals surface area contributed by atoms with Gasteiger partial charge in [0.05, 0.1) is 5.75 Å². The van der Waals surface area contributed by atoms with Crippen molar-refractivity contribution in [1.82, 2.24) is 0 Å². The molecule has 0 aromatic heterocycles. The first-order valence-corrected chi connectivity index (χ1v) is 7.36. The van der Waals surface area contributed by atoms with Crippen molar-refractivity contribution in [2.24, 2.45) is 0 Å². The third-order valence-corrected chi connectivity index (χ3v) is 3.71. The summed E-state index contributed by atoms with van der Waals surface area (Å²) in [6, 6.07) is 13.6. The van der Waals surface area contributed by atoms with Crippen molar-refractivity contribution < 1.29 is 14.7 Å². The molecule has 21 heavy (non-hydrogen) atoms. The Bertz CT molecular complexity index is 653. The Morgan fingerprint density at radius 3 is 2.48 bits per heavy atom. The Morgan fingerprint density at radius 1 is 1.14 bits per heavy atom. The van der Waals surface area contributed by atoms with Gasteiger partial charge in [-0.2, -0.15) is 0 Å². The molecule has 0 aliphatic carbocycles. The highest BCUT2D eigenvalue weighted by molar-refractivity contribution is 8.00. The fraction of sp³-hybridized carbons (Fsp3) is 0.125. The van der Waals surface area contributed by atoms with Crippen LogP contribution >= 0.6 is 11.8 Å². The van der Waals surface area contributed by atoms with Crippen molar-refractivity contribution >= 4 is 29.1 Å². The van der Waals surface area contributed by atoms with E-state index in [-0.39, 0.29) is 17.4 Å². The number of nitrogens with one attached hydrogen (secondary N) is 1. The highest BCUT2D eigenvalue weighted by Gasteiger charge is 2.07. The lowest BCUT2D eigenvalue weighted by Crippen LogP contribution is -2.06. The van der Waals surface area contributed by atoms with E-state index in [1.54, 1.807) is 42.5 Å². The zero-order valence-electron chi connectivity index (χ0n) is 11.5. The molecule has 0 heterocycles. The average Bonchev–Trinajstić information content (AvgIpc) is 2.45. The summed E-state index contributed by atoms with van der Waals surface area (Å²) in [5.74, 6) is 0.335. The molecular weight excluding hydrogens is 286 g/mol. The number of amides is 1. The zero-order chi connectivity index (χ0) is 15.2. The van der Waals surface area contributed by atoms with Crippen LogP contribution in [0.3, 0.4) is 0 Å². The van der Waals surface area contributed by atoms with Crippen molar-refractivity contribution in [3.8, 4) is 5.75 Å². The van der Waals surface area contributed by atoms with Gasteiger partial charge in [0.25, 0.3) is 0 Å². The molecule has 0 aliphatic rings. The van der Waals surface area contributed by atoms with Crippen LogP contribution in [0.25, 0.3) is 0 Å². The number of phenolic OH excluding ortho intramolecular Hbond substituents is 1. The zero-order valence-corrected chi connectivity index (χ0v) is 12.3. The van der Waals surface area contributed by atoms with Crippen molar-refractivity contribution in [3.05, 3.63) is 54.1 Å². The summed E-state index contributed by atoms with van der Waals surface area (Å²) < 4.78 is 0. The third-order valence-electron chi connectivity index (χ3n) is 2.71. The Morgan fingerprint density at radius 2 is 1.86 bits per heavy atom. The first-order chi connectivity index (χ1) is 10.0. The Balaban J connectivity index is 1.95. The van der Waals surface area contributed by atoms with Crippen LogP contribution in [-0.2, 0) is 4.79 Å². The van der Waals surface area contributed by atoms with Gasteiger partial charge in [0.1, 0.15) is 5.75 Å². The second-order valence-electron chi connectivity index (χ2n) is 4.47. The van der Waals surface area contributed by atoms with Crippen molar-refractivity contribution in [3.63, 3.8) is 0 Å². The lowest BCUT2D eigenvalue weighted by Gasteiger charge is -2.05. The number of rotatable bonds is 5. The smallest absolute Gasteiger partial charge is 0.221 e. The van der Waals surface area contributed by atoms with E-state index < -0.39 is 0 Å². The number of thioether (sulfide) groups is 1. The molecule has 0 unspecified atom stereocenters. The van der Waals surface area contributed by atoms with Gasteiger partial charge in [0.2, 0.25) is 5.91 Å². The van der Waals surface area contributed by atoms with E-state index in [4.69, 9.17) is 0 Å². The van der Waals surface area contributed by atoms with E-state index >= 15 is 0 Å². The summed E-state index contributed by atoms with van der Waals surface area (Å²) in [5.41, 5.74) is 1.26. The molecule has 0 aliphatic heterocycles. The maximum Gasteiger partial charge on any atom is 0.221 e. The number of hydrogen-bond donors (Lipinski definition) is 2. The molecule has 0 radical (unpaired) electrons. The number of benzene rings is 2. The molecule has 2 aromatic carbocycles. The van der Waals surface area contributed by atoms with E-state index in [0.29, 0.717) is 17.0 Å². The standard InChI is InChI=1S/C16H15NO3S/c1-11(18)17-13-7-5-12(6-8-13)16(20)10-21-15-4-2-3-14(19)9-15/h2-9,19H,10H2,1H3,(H,17,18). The maximum atomic E-state index is 12.1. The van der Waals surface area contributed by atoms with E-state index in [1.165, 1.54) is 18.7 Å². The molecular formula is C16H15NO3S. The van der Waals surface area contributed by atoms with Crippen LogP contribution in [-0.4, -0.2) is 22.5 Å². The van der Waals surface area contributed by atoms with Gasteiger partial charge in [-0.05, 0) is 42.5 Å². The average molecular weight is 301 g/mol. The van der Waals surface area contributed by atoms with Crippen LogP contribution < -0.4 is 5.32 Å². The van der Waals surface area contributed by atoms with Crippen LogP contribution in [0.2, 0.25) is 0 Å². The first-order valence-electron chi connectivity index (χ1n) is 6.37. The molecule has 0 spiro atoms. The number of hydrogen-bond acceptors (Lipinski definition) is 4. The number of carbonyl (C=O) groups is 2. The highest BCUT2D eigenvalue weighted by atomic mass is 32.2. The highest BCUT2D eigenvalue weighted by Crippen LogP contribution is 2.23. The van der Waals surface area contributed by atoms with Gasteiger partial charge in [-0.25, -0.2) is 0 Å². The molecule has 1 amide bonds. The summed E-state index contributed by atoms with van der Waals surface area (Å²) in [6.07, 6.45) is 0. The van der Waals surface area contributed by atoms with E-state index in [1.807, 2.05) is 6.07 Å².